The van der Waals surface area contributed by atoms with Gasteiger partial charge in [-0.2, -0.15) is 5.10 Å². The lowest BCUT2D eigenvalue weighted by molar-refractivity contribution is 0.486. The summed E-state index contributed by atoms with van der Waals surface area (Å²) in [5.41, 5.74) is 4.31. The van der Waals surface area contributed by atoms with Crippen LogP contribution in [0.3, 0.4) is 0 Å². The zero-order chi connectivity index (χ0) is 15.5. The molecule has 1 aliphatic rings. The Hall–Kier alpha value is -1.16. The highest BCUT2D eigenvalue weighted by Crippen LogP contribution is 2.26. The van der Waals surface area contributed by atoms with Crippen LogP contribution in [-0.4, -0.2) is 45.8 Å². The Morgan fingerprint density at radius 3 is 2.96 bits per heavy atom. The third-order valence-electron chi connectivity index (χ3n) is 4.15. The van der Waals surface area contributed by atoms with Gasteiger partial charge in [0.15, 0.2) is 5.96 Å². The molecule has 3 rings (SSSR count). The Kier molecular flexibility index (Phi) is 6.40. The van der Waals surface area contributed by atoms with E-state index in [9.17, 15) is 0 Å². The molecule has 1 aliphatic heterocycles. The number of aromatic nitrogens is 3. The second kappa shape index (κ2) is 8.09. The number of hydrogen-bond donors (Lipinski definition) is 1. The first-order valence-corrected chi connectivity index (χ1v) is 8.38. The van der Waals surface area contributed by atoms with Gasteiger partial charge < -0.3 is 10.2 Å². The minimum Gasteiger partial charge on any atom is -0.351 e. The van der Waals surface area contributed by atoms with Crippen molar-refractivity contribution in [2.24, 2.45) is 12.0 Å². The van der Waals surface area contributed by atoms with Crippen LogP contribution >= 0.6 is 35.3 Å². The summed E-state index contributed by atoms with van der Waals surface area (Å²) < 4.78 is 1.87. The number of halogens is 1. The monoisotopic (exact) mass is 446 g/mol. The molecule has 0 radical (unpaired) electrons. The van der Waals surface area contributed by atoms with Crippen LogP contribution in [0.5, 0.6) is 0 Å². The molecule has 23 heavy (non-hydrogen) atoms. The number of rotatable bonds is 3. The van der Waals surface area contributed by atoms with Crippen LogP contribution in [0.1, 0.15) is 28.5 Å². The first-order chi connectivity index (χ1) is 10.7. The van der Waals surface area contributed by atoms with Crippen LogP contribution in [0.4, 0.5) is 0 Å². The third-order valence-corrected chi connectivity index (χ3v) is 5.08. The predicted molar refractivity (Wildman–Crippen MR) is 105 cm³/mol. The highest BCUT2D eigenvalue weighted by Gasteiger charge is 2.26. The summed E-state index contributed by atoms with van der Waals surface area (Å²) in [5, 5.41) is 7.74. The van der Waals surface area contributed by atoms with Crippen molar-refractivity contribution in [3.8, 4) is 0 Å². The van der Waals surface area contributed by atoms with Crippen molar-refractivity contribution >= 4 is 41.3 Å². The molecule has 0 spiro atoms. The summed E-state index contributed by atoms with van der Waals surface area (Å²) in [7, 11) is 3.81. The van der Waals surface area contributed by atoms with E-state index in [0.29, 0.717) is 5.92 Å². The fourth-order valence-electron chi connectivity index (χ4n) is 2.86. The van der Waals surface area contributed by atoms with Gasteiger partial charge in [0.1, 0.15) is 0 Å². The zero-order valence-corrected chi connectivity index (χ0v) is 16.8. The minimum absolute atomic E-state index is 0. The highest BCUT2D eigenvalue weighted by atomic mass is 127. The maximum absolute atomic E-state index is 4.43. The molecule has 126 valence electrons. The summed E-state index contributed by atoms with van der Waals surface area (Å²) >= 11 is 1.69. The number of likely N-dealkylation sites (tertiary alicyclic amines) is 1. The van der Waals surface area contributed by atoms with Crippen LogP contribution in [0.2, 0.25) is 0 Å². The Bertz CT molecular complexity index is 664. The summed E-state index contributed by atoms with van der Waals surface area (Å²) in [6.45, 7) is 4.86. The molecule has 0 saturated carbocycles. The van der Waals surface area contributed by atoms with Crippen LogP contribution in [0.25, 0.3) is 0 Å². The predicted octanol–water partition coefficient (Wildman–Crippen LogP) is 2.37. The molecule has 1 saturated heterocycles. The Morgan fingerprint density at radius 1 is 1.52 bits per heavy atom. The fourth-order valence-corrected chi connectivity index (χ4v) is 3.58. The standard InChI is InChI=1S/C15H22N6S.HI/c1-11-14(22-10-18-11)7-17-15(16-2)21-5-4-12(9-21)13-6-19-20(3)8-13;/h6,8,10,12H,4-5,7,9H2,1-3H3,(H,16,17);1H. The molecule has 0 bridgehead atoms. The van der Waals surface area contributed by atoms with Crippen LogP contribution in [0.15, 0.2) is 22.9 Å². The van der Waals surface area contributed by atoms with Crippen molar-refractivity contribution in [2.45, 2.75) is 25.8 Å². The Morgan fingerprint density at radius 2 is 2.35 bits per heavy atom. The van der Waals surface area contributed by atoms with E-state index >= 15 is 0 Å². The Balaban J connectivity index is 0.00000192. The van der Waals surface area contributed by atoms with E-state index in [0.717, 1.165) is 37.7 Å². The molecule has 0 amide bonds. The third kappa shape index (κ3) is 4.23. The highest BCUT2D eigenvalue weighted by molar-refractivity contribution is 14.0. The number of nitrogens with one attached hydrogen (secondary N) is 1. The van der Waals surface area contributed by atoms with Gasteiger partial charge in [-0.15, -0.1) is 35.3 Å². The molecule has 3 heterocycles. The molecule has 1 unspecified atom stereocenters. The van der Waals surface area contributed by atoms with Gasteiger partial charge in [-0.3, -0.25) is 9.67 Å². The molecule has 1 fully saturated rings. The second-order valence-electron chi connectivity index (χ2n) is 5.64. The summed E-state index contributed by atoms with van der Waals surface area (Å²) in [6.07, 6.45) is 5.24. The average molecular weight is 446 g/mol. The molecule has 1 N–H and O–H groups in total. The lowest BCUT2D eigenvalue weighted by Gasteiger charge is -2.21. The first-order valence-electron chi connectivity index (χ1n) is 7.50. The van der Waals surface area contributed by atoms with Crippen LogP contribution in [0, 0.1) is 6.92 Å². The van der Waals surface area contributed by atoms with E-state index in [4.69, 9.17) is 0 Å². The van der Waals surface area contributed by atoms with Gasteiger partial charge in [0.25, 0.3) is 0 Å². The fraction of sp³-hybridized carbons (Fsp3) is 0.533. The number of thiazole rings is 1. The summed E-state index contributed by atoms with van der Waals surface area (Å²) in [5.74, 6) is 1.51. The van der Waals surface area contributed by atoms with Gasteiger partial charge >= 0.3 is 0 Å². The number of aliphatic imine (C=N–C) groups is 1. The van der Waals surface area contributed by atoms with Crippen LogP contribution < -0.4 is 5.32 Å². The zero-order valence-electron chi connectivity index (χ0n) is 13.7. The Labute approximate surface area is 158 Å². The average Bonchev–Trinajstić information content (AvgIpc) is 3.22. The molecule has 0 aliphatic carbocycles. The maximum Gasteiger partial charge on any atom is 0.193 e. The lowest BCUT2D eigenvalue weighted by Crippen LogP contribution is -2.39. The van der Waals surface area contributed by atoms with Gasteiger partial charge in [-0.1, -0.05) is 0 Å². The second-order valence-corrected chi connectivity index (χ2v) is 6.58. The number of guanidine groups is 1. The lowest BCUT2D eigenvalue weighted by atomic mass is 10.0. The van der Waals surface area contributed by atoms with Gasteiger partial charge in [0.05, 0.1) is 23.9 Å². The van der Waals surface area contributed by atoms with Crippen molar-refractivity contribution in [1.82, 2.24) is 25.0 Å². The van der Waals surface area contributed by atoms with Crippen molar-refractivity contribution < 1.29 is 0 Å². The number of aryl methyl sites for hydroxylation is 2. The minimum atomic E-state index is 0. The molecule has 6 nitrogen and oxygen atoms in total. The molecule has 1 atom stereocenters. The van der Waals surface area contributed by atoms with E-state index < -0.39 is 0 Å². The van der Waals surface area contributed by atoms with Crippen molar-refractivity contribution in [3.63, 3.8) is 0 Å². The molecular formula is C15H23IN6S. The molecule has 0 aromatic carbocycles. The van der Waals surface area contributed by atoms with Crippen LogP contribution in [-0.2, 0) is 13.6 Å². The van der Waals surface area contributed by atoms with Gasteiger partial charge in [0, 0.05) is 44.2 Å². The van der Waals surface area contributed by atoms with Crippen molar-refractivity contribution in [3.05, 3.63) is 34.0 Å². The van der Waals surface area contributed by atoms with Gasteiger partial charge in [-0.05, 0) is 18.9 Å². The first kappa shape index (κ1) is 18.2. The summed E-state index contributed by atoms with van der Waals surface area (Å²) in [6, 6.07) is 0. The van der Waals surface area contributed by atoms with Crippen molar-refractivity contribution in [2.75, 3.05) is 20.1 Å². The molecule has 8 heteroatoms. The smallest absolute Gasteiger partial charge is 0.193 e. The van der Waals surface area contributed by atoms with E-state index in [-0.39, 0.29) is 24.0 Å². The van der Waals surface area contributed by atoms with Gasteiger partial charge in [0.2, 0.25) is 0 Å². The number of nitrogens with zero attached hydrogens (tertiary/aromatic N) is 5. The summed E-state index contributed by atoms with van der Waals surface area (Å²) in [4.78, 5) is 12.3. The van der Waals surface area contributed by atoms with E-state index in [1.165, 1.54) is 10.4 Å². The quantitative estimate of drug-likeness (QED) is 0.447. The maximum atomic E-state index is 4.43. The SMILES string of the molecule is CN=C(NCc1scnc1C)N1CCC(c2cnn(C)c2)C1.I. The number of hydrogen-bond acceptors (Lipinski definition) is 4. The van der Waals surface area contributed by atoms with E-state index in [1.54, 1.807) is 11.3 Å². The normalized spacial score (nSPS) is 18.1. The van der Waals surface area contributed by atoms with E-state index in [2.05, 4.69) is 31.5 Å². The topological polar surface area (TPSA) is 58.3 Å². The van der Waals surface area contributed by atoms with E-state index in [1.807, 2.05) is 37.4 Å². The van der Waals surface area contributed by atoms with Crippen molar-refractivity contribution in [1.29, 1.82) is 0 Å². The largest absolute Gasteiger partial charge is 0.351 e. The molecule has 2 aromatic heterocycles. The molecule has 2 aromatic rings. The molecular weight excluding hydrogens is 423 g/mol. The van der Waals surface area contributed by atoms with Gasteiger partial charge in [-0.25, -0.2) is 4.98 Å².